The third kappa shape index (κ3) is 2.46. The summed E-state index contributed by atoms with van der Waals surface area (Å²) in [7, 11) is 0. The van der Waals surface area contributed by atoms with Crippen molar-refractivity contribution in [3.8, 4) is 0 Å². The van der Waals surface area contributed by atoms with Gasteiger partial charge in [0.1, 0.15) is 6.10 Å². The van der Waals surface area contributed by atoms with Crippen molar-refractivity contribution < 1.29 is 9.26 Å². The summed E-state index contributed by atoms with van der Waals surface area (Å²) in [6, 6.07) is 10.2. The second-order valence-corrected chi connectivity index (χ2v) is 5.51. The Hall–Kier alpha value is -1.72. The molecule has 0 spiro atoms. The van der Waals surface area contributed by atoms with E-state index in [2.05, 4.69) is 41.4 Å². The highest BCUT2D eigenvalue weighted by molar-refractivity contribution is 5.29. The molecular weight excluding hydrogens is 254 g/mol. The van der Waals surface area contributed by atoms with Crippen LogP contribution in [0, 0.1) is 0 Å². The molecule has 1 saturated heterocycles. The first-order valence-electron chi connectivity index (χ1n) is 6.90. The van der Waals surface area contributed by atoms with E-state index in [0.29, 0.717) is 18.3 Å². The van der Waals surface area contributed by atoms with Gasteiger partial charge < -0.3 is 14.6 Å². The van der Waals surface area contributed by atoms with Crippen molar-refractivity contribution in [2.45, 2.75) is 25.4 Å². The Kier molecular flexibility index (Phi) is 3.54. The van der Waals surface area contributed by atoms with Gasteiger partial charge in [-0.25, -0.2) is 0 Å². The summed E-state index contributed by atoms with van der Waals surface area (Å²) in [6.45, 7) is 6.44. The van der Waals surface area contributed by atoms with E-state index in [1.165, 1.54) is 0 Å². The summed E-state index contributed by atoms with van der Waals surface area (Å²) in [6.07, 6.45) is -0.118. The van der Waals surface area contributed by atoms with E-state index < -0.39 is 0 Å². The maximum Gasteiger partial charge on any atom is 0.236 e. The number of benzene rings is 1. The molecule has 5 nitrogen and oxygen atoms in total. The van der Waals surface area contributed by atoms with Crippen LogP contribution in [0.3, 0.4) is 0 Å². The summed E-state index contributed by atoms with van der Waals surface area (Å²) >= 11 is 0. The number of aromatic nitrogens is 2. The molecule has 1 aliphatic heterocycles. The Labute approximate surface area is 118 Å². The Morgan fingerprint density at radius 1 is 1.25 bits per heavy atom. The van der Waals surface area contributed by atoms with Crippen molar-refractivity contribution >= 4 is 0 Å². The lowest BCUT2D eigenvalue weighted by molar-refractivity contribution is 0.0208. The smallest absolute Gasteiger partial charge is 0.236 e. The summed E-state index contributed by atoms with van der Waals surface area (Å²) in [5.74, 6) is 1.24. The van der Waals surface area contributed by atoms with Crippen molar-refractivity contribution in [3.63, 3.8) is 0 Å². The zero-order valence-electron chi connectivity index (χ0n) is 11.8. The number of hydrogen-bond donors (Lipinski definition) is 1. The molecule has 1 N–H and O–H groups in total. The second-order valence-electron chi connectivity index (χ2n) is 5.51. The first-order chi connectivity index (χ1) is 9.68. The molecule has 2 aromatic rings. The molecule has 0 aliphatic carbocycles. The van der Waals surface area contributed by atoms with E-state index in [1.54, 1.807) is 0 Å². The largest absolute Gasteiger partial charge is 0.367 e. The molecule has 2 heterocycles. The number of ether oxygens (including phenoxy) is 1. The van der Waals surface area contributed by atoms with Gasteiger partial charge in [0.25, 0.3) is 0 Å². The normalized spacial score (nSPS) is 20.0. The molecule has 106 valence electrons. The van der Waals surface area contributed by atoms with Gasteiger partial charge in [0.05, 0.1) is 12.0 Å². The minimum absolute atomic E-state index is 0.118. The molecule has 5 heteroatoms. The molecule has 1 aromatic carbocycles. The molecule has 0 saturated carbocycles. The molecule has 1 fully saturated rings. The van der Waals surface area contributed by atoms with E-state index >= 15 is 0 Å². The fraction of sp³-hybridized carbons (Fsp3) is 0.467. The van der Waals surface area contributed by atoms with Gasteiger partial charge >= 0.3 is 0 Å². The Balaban J connectivity index is 1.85. The molecule has 1 unspecified atom stereocenters. The molecule has 1 aromatic heterocycles. The maximum absolute atomic E-state index is 5.65. The van der Waals surface area contributed by atoms with Crippen molar-refractivity contribution in [1.82, 2.24) is 15.5 Å². The standard InChI is InChI=1S/C15H19N3O2/c1-15(2,11-6-4-3-5-7-11)14-17-13(18-20-14)12-10-16-8-9-19-12/h3-7,12,16H,8-10H2,1-2H3. The highest BCUT2D eigenvalue weighted by Gasteiger charge is 2.31. The quantitative estimate of drug-likeness (QED) is 0.927. The Bertz CT molecular complexity index is 560. The zero-order chi connectivity index (χ0) is 14.0. The van der Waals surface area contributed by atoms with Gasteiger partial charge in [0.15, 0.2) is 0 Å². The zero-order valence-corrected chi connectivity index (χ0v) is 11.8. The summed E-state index contributed by atoms with van der Waals surface area (Å²) in [4.78, 5) is 4.54. The molecule has 0 amide bonds. The average molecular weight is 273 g/mol. The summed E-state index contributed by atoms with van der Waals surface area (Å²) < 4.78 is 11.1. The van der Waals surface area contributed by atoms with Crippen LogP contribution in [0.25, 0.3) is 0 Å². The van der Waals surface area contributed by atoms with Crippen LogP contribution in [0.15, 0.2) is 34.9 Å². The first kappa shape index (κ1) is 13.3. The molecule has 1 atom stereocenters. The number of nitrogens with zero attached hydrogens (tertiary/aromatic N) is 2. The predicted octanol–water partition coefficient (Wildman–Crippen LogP) is 2.06. The van der Waals surface area contributed by atoms with Crippen LogP contribution in [0.1, 0.15) is 37.2 Å². The Morgan fingerprint density at radius 2 is 2.05 bits per heavy atom. The van der Waals surface area contributed by atoms with Crippen LogP contribution in [-0.4, -0.2) is 29.8 Å². The number of rotatable bonds is 3. The molecule has 3 rings (SSSR count). The van der Waals surface area contributed by atoms with Crippen LogP contribution in [0.5, 0.6) is 0 Å². The second kappa shape index (κ2) is 5.34. The molecule has 0 bridgehead atoms. The van der Waals surface area contributed by atoms with Gasteiger partial charge in [0, 0.05) is 13.1 Å². The average Bonchev–Trinajstić information content (AvgIpc) is 3.00. The van der Waals surface area contributed by atoms with Crippen LogP contribution < -0.4 is 5.32 Å². The third-order valence-corrected chi connectivity index (χ3v) is 3.69. The van der Waals surface area contributed by atoms with Crippen molar-refractivity contribution in [1.29, 1.82) is 0 Å². The monoisotopic (exact) mass is 273 g/mol. The topological polar surface area (TPSA) is 60.2 Å². The van der Waals surface area contributed by atoms with Gasteiger partial charge in [-0.15, -0.1) is 0 Å². The SMILES string of the molecule is CC(C)(c1ccccc1)c1nc(C2CNCCO2)no1. The van der Waals surface area contributed by atoms with Gasteiger partial charge in [-0.1, -0.05) is 35.5 Å². The van der Waals surface area contributed by atoms with E-state index in [9.17, 15) is 0 Å². The molecule has 20 heavy (non-hydrogen) atoms. The Morgan fingerprint density at radius 3 is 2.75 bits per heavy atom. The molecular formula is C15H19N3O2. The fourth-order valence-electron chi connectivity index (χ4n) is 2.33. The number of nitrogens with one attached hydrogen (secondary N) is 1. The lowest BCUT2D eigenvalue weighted by Crippen LogP contribution is -2.34. The lowest BCUT2D eigenvalue weighted by Gasteiger charge is -2.21. The highest BCUT2D eigenvalue weighted by Crippen LogP contribution is 2.30. The summed E-state index contributed by atoms with van der Waals surface area (Å²) in [5.41, 5.74) is 0.840. The molecule has 1 aliphatic rings. The van der Waals surface area contributed by atoms with Crippen LogP contribution in [0.2, 0.25) is 0 Å². The van der Waals surface area contributed by atoms with Gasteiger partial charge in [-0.05, 0) is 19.4 Å². The van der Waals surface area contributed by atoms with Crippen molar-refractivity contribution in [2.75, 3.05) is 19.7 Å². The number of hydrogen-bond acceptors (Lipinski definition) is 5. The van der Waals surface area contributed by atoms with Crippen molar-refractivity contribution in [3.05, 3.63) is 47.6 Å². The van der Waals surface area contributed by atoms with Crippen LogP contribution >= 0.6 is 0 Å². The van der Waals surface area contributed by atoms with E-state index in [4.69, 9.17) is 9.26 Å². The highest BCUT2D eigenvalue weighted by atomic mass is 16.5. The van der Waals surface area contributed by atoms with E-state index in [-0.39, 0.29) is 11.5 Å². The van der Waals surface area contributed by atoms with Crippen LogP contribution in [-0.2, 0) is 10.2 Å². The van der Waals surface area contributed by atoms with Crippen molar-refractivity contribution in [2.24, 2.45) is 0 Å². The third-order valence-electron chi connectivity index (χ3n) is 3.69. The summed E-state index contributed by atoms with van der Waals surface area (Å²) in [5, 5.41) is 7.35. The van der Waals surface area contributed by atoms with E-state index in [1.807, 2.05) is 18.2 Å². The van der Waals surface area contributed by atoms with Gasteiger partial charge in [-0.3, -0.25) is 0 Å². The fourth-order valence-corrected chi connectivity index (χ4v) is 2.33. The van der Waals surface area contributed by atoms with Gasteiger partial charge in [-0.2, -0.15) is 4.98 Å². The van der Waals surface area contributed by atoms with Crippen LogP contribution in [0.4, 0.5) is 0 Å². The minimum Gasteiger partial charge on any atom is -0.367 e. The first-order valence-corrected chi connectivity index (χ1v) is 6.90. The lowest BCUT2D eigenvalue weighted by atomic mass is 9.84. The van der Waals surface area contributed by atoms with E-state index in [0.717, 1.165) is 18.7 Å². The number of morpholine rings is 1. The predicted molar refractivity (Wildman–Crippen MR) is 74.4 cm³/mol. The maximum atomic E-state index is 5.65. The van der Waals surface area contributed by atoms with Gasteiger partial charge in [0.2, 0.25) is 11.7 Å². The molecule has 0 radical (unpaired) electrons. The minimum atomic E-state index is -0.311.